The lowest BCUT2D eigenvalue weighted by molar-refractivity contribution is -0.136. The summed E-state index contributed by atoms with van der Waals surface area (Å²) in [7, 11) is 1.69. The SMILES string of the molecule is COc1ccccc1N1CCN(CCNC(=O)C(=O)Nc2cc3c4c(c2)CCC(=O)N4CCC3)CC1. The van der Waals surface area contributed by atoms with Crippen LogP contribution in [0.1, 0.15) is 24.0 Å². The molecular weight excluding hydrogens is 458 g/mol. The van der Waals surface area contributed by atoms with Gasteiger partial charge in [0.25, 0.3) is 0 Å². The summed E-state index contributed by atoms with van der Waals surface area (Å²) in [6.07, 6.45) is 2.92. The van der Waals surface area contributed by atoms with E-state index in [1.807, 2.05) is 35.2 Å². The van der Waals surface area contributed by atoms with E-state index in [1.54, 1.807) is 7.11 Å². The van der Waals surface area contributed by atoms with Crippen LogP contribution >= 0.6 is 0 Å². The summed E-state index contributed by atoms with van der Waals surface area (Å²) in [4.78, 5) is 43.7. The van der Waals surface area contributed by atoms with Crippen molar-refractivity contribution >= 4 is 34.8 Å². The fourth-order valence-electron chi connectivity index (χ4n) is 5.42. The molecule has 9 nitrogen and oxygen atoms in total. The molecule has 0 unspecified atom stereocenters. The lowest BCUT2D eigenvalue weighted by Gasteiger charge is -2.36. The number of hydrogen-bond acceptors (Lipinski definition) is 6. The van der Waals surface area contributed by atoms with Crippen molar-refractivity contribution in [1.82, 2.24) is 10.2 Å². The molecule has 190 valence electrons. The Hall–Kier alpha value is -3.59. The number of nitrogens with one attached hydrogen (secondary N) is 2. The second-order valence-corrected chi connectivity index (χ2v) is 9.50. The average Bonchev–Trinajstić information content (AvgIpc) is 2.91. The van der Waals surface area contributed by atoms with E-state index in [4.69, 9.17) is 4.74 Å². The molecule has 36 heavy (non-hydrogen) atoms. The van der Waals surface area contributed by atoms with Crippen LogP contribution in [0.2, 0.25) is 0 Å². The third kappa shape index (κ3) is 5.02. The number of carbonyl (C=O) groups excluding carboxylic acids is 3. The second kappa shape index (κ2) is 10.6. The van der Waals surface area contributed by atoms with Crippen molar-refractivity contribution in [2.45, 2.75) is 25.7 Å². The van der Waals surface area contributed by atoms with Gasteiger partial charge in [-0.3, -0.25) is 19.3 Å². The highest BCUT2D eigenvalue weighted by atomic mass is 16.5. The van der Waals surface area contributed by atoms with E-state index >= 15 is 0 Å². The van der Waals surface area contributed by atoms with E-state index in [-0.39, 0.29) is 5.91 Å². The number of nitrogens with zero attached hydrogens (tertiary/aromatic N) is 3. The molecule has 5 rings (SSSR count). The molecule has 3 heterocycles. The van der Waals surface area contributed by atoms with Gasteiger partial charge >= 0.3 is 11.8 Å². The maximum absolute atomic E-state index is 12.5. The summed E-state index contributed by atoms with van der Waals surface area (Å²) in [6, 6.07) is 11.8. The zero-order valence-corrected chi connectivity index (χ0v) is 20.7. The minimum atomic E-state index is -0.664. The smallest absolute Gasteiger partial charge is 0.313 e. The van der Waals surface area contributed by atoms with Crippen LogP contribution in [0.5, 0.6) is 5.75 Å². The molecule has 3 amide bonds. The number of anilines is 3. The molecule has 0 bridgehead atoms. The largest absolute Gasteiger partial charge is 0.495 e. The Labute approximate surface area is 211 Å². The number of carbonyl (C=O) groups is 3. The van der Waals surface area contributed by atoms with Crippen LogP contribution in [0.3, 0.4) is 0 Å². The van der Waals surface area contributed by atoms with Crippen LogP contribution in [-0.2, 0) is 27.2 Å². The first-order valence-corrected chi connectivity index (χ1v) is 12.7. The van der Waals surface area contributed by atoms with E-state index in [9.17, 15) is 14.4 Å². The van der Waals surface area contributed by atoms with Gasteiger partial charge < -0.3 is 25.2 Å². The molecule has 0 radical (unpaired) electrons. The molecule has 0 atom stereocenters. The van der Waals surface area contributed by atoms with Crippen LogP contribution in [0.4, 0.5) is 17.1 Å². The molecule has 3 aliphatic rings. The number of rotatable bonds is 6. The maximum atomic E-state index is 12.5. The van der Waals surface area contributed by atoms with Crippen molar-refractivity contribution in [2.24, 2.45) is 0 Å². The molecule has 2 aromatic rings. The van der Waals surface area contributed by atoms with Crippen LogP contribution < -0.4 is 25.2 Å². The van der Waals surface area contributed by atoms with Crippen LogP contribution in [0, 0.1) is 0 Å². The quantitative estimate of drug-likeness (QED) is 0.599. The summed E-state index contributed by atoms with van der Waals surface area (Å²) >= 11 is 0. The molecular formula is C27H33N5O4. The number of piperazine rings is 1. The Morgan fingerprint density at radius 3 is 2.47 bits per heavy atom. The first-order valence-electron chi connectivity index (χ1n) is 12.7. The average molecular weight is 492 g/mol. The number of benzene rings is 2. The third-order valence-corrected chi connectivity index (χ3v) is 7.25. The number of methoxy groups -OCH3 is 1. The van der Waals surface area contributed by atoms with Crippen molar-refractivity contribution in [1.29, 1.82) is 0 Å². The highest BCUT2D eigenvalue weighted by Gasteiger charge is 2.30. The van der Waals surface area contributed by atoms with Crippen LogP contribution in [0.15, 0.2) is 36.4 Å². The lowest BCUT2D eigenvalue weighted by atomic mass is 9.91. The maximum Gasteiger partial charge on any atom is 0.313 e. The first kappa shape index (κ1) is 24.1. The Morgan fingerprint density at radius 2 is 1.69 bits per heavy atom. The van der Waals surface area contributed by atoms with Gasteiger partial charge in [-0.15, -0.1) is 0 Å². The standard InChI is InChI=1S/C27H33N5O4/c1-36-23-7-3-2-6-22(23)31-15-13-30(14-16-31)12-10-28-26(34)27(35)29-21-17-19-5-4-11-32-24(33)9-8-20(18-21)25(19)32/h2-3,6-7,17-18H,4-5,8-16H2,1H3,(H,28,34)(H,29,35). The second-order valence-electron chi connectivity index (χ2n) is 9.50. The molecule has 1 saturated heterocycles. The fourth-order valence-corrected chi connectivity index (χ4v) is 5.42. The molecule has 0 aliphatic carbocycles. The Kier molecular flexibility index (Phi) is 7.09. The summed E-state index contributed by atoms with van der Waals surface area (Å²) in [6.45, 7) is 5.34. The van der Waals surface area contributed by atoms with E-state index in [2.05, 4.69) is 26.5 Å². The van der Waals surface area contributed by atoms with Gasteiger partial charge in [0.05, 0.1) is 18.5 Å². The Balaban J connectivity index is 1.09. The molecule has 0 saturated carbocycles. The molecule has 3 aliphatic heterocycles. The summed E-state index contributed by atoms with van der Waals surface area (Å²) in [5, 5.41) is 5.50. The van der Waals surface area contributed by atoms with E-state index < -0.39 is 11.8 Å². The molecule has 0 spiro atoms. The normalized spacial score (nSPS) is 17.4. The monoisotopic (exact) mass is 491 g/mol. The van der Waals surface area contributed by atoms with Gasteiger partial charge in [0.2, 0.25) is 5.91 Å². The highest BCUT2D eigenvalue weighted by molar-refractivity contribution is 6.39. The number of aryl methyl sites for hydroxylation is 2. The van der Waals surface area contributed by atoms with E-state index in [0.29, 0.717) is 31.6 Å². The first-order chi connectivity index (χ1) is 17.5. The summed E-state index contributed by atoms with van der Waals surface area (Å²) in [5.74, 6) is -0.257. The van der Waals surface area contributed by atoms with Gasteiger partial charge in [-0.2, -0.15) is 0 Å². The highest BCUT2D eigenvalue weighted by Crippen LogP contribution is 2.37. The predicted octanol–water partition coefficient (Wildman–Crippen LogP) is 1.80. The van der Waals surface area contributed by atoms with Crippen molar-refractivity contribution in [3.05, 3.63) is 47.5 Å². The van der Waals surface area contributed by atoms with Gasteiger partial charge in [0.1, 0.15) is 5.75 Å². The van der Waals surface area contributed by atoms with Crippen LogP contribution in [-0.4, -0.2) is 75.5 Å². The zero-order chi connectivity index (χ0) is 25.1. The van der Waals surface area contributed by atoms with Crippen molar-refractivity contribution < 1.29 is 19.1 Å². The topological polar surface area (TPSA) is 94.2 Å². The van der Waals surface area contributed by atoms with Gasteiger partial charge in [-0.05, 0) is 54.7 Å². The minimum Gasteiger partial charge on any atom is -0.495 e. The fraction of sp³-hybridized carbons (Fsp3) is 0.444. The van der Waals surface area contributed by atoms with Gasteiger partial charge in [-0.1, -0.05) is 12.1 Å². The lowest BCUT2D eigenvalue weighted by Crippen LogP contribution is -2.49. The van der Waals surface area contributed by atoms with Crippen molar-refractivity contribution in [3.63, 3.8) is 0 Å². The van der Waals surface area contributed by atoms with Crippen molar-refractivity contribution in [3.8, 4) is 5.75 Å². The van der Waals surface area contributed by atoms with E-state index in [1.165, 1.54) is 0 Å². The number of amides is 3. The van der Waals surface area contributed by atoms with Gasteiger partial charge in [-0.25, -0.2) is 0 Å². The summed E-state index contributed by atoms with van der Waals surface area (Å²) in [5.41, 5.74) is 4.85. The van der Waals surface area contributed by atoms with E-state index in [0.717, 1.165) is 73.8 Å². The van der Waals surface area contributed by atoms with Gasteiger partial charge in [0, 0.05) is 57.9 Å². The zero-order valence-electron chi connectivity index (χ0n) is 20.7. The third-order valence-electron chi connectivity index (χ3n) is 7.25. The number of hydrogen-bond donors (Lipinski definition) is 2. The molecule has 9 heteroatoms. The van der Waals surface area contributed by atoms with Gasteiger partial charge in [0.15, 0.2) is 0 Å². The van der Waals surface area contributed by atoms with Crippen LogP contribution in [0.25, 0.3) is 0 Å². The molecule has 2 N–H and O–H groups in total. The predicted molar refractivity (Wildman–Crippen MR) is 139 cm³/mol. The Bertz CT molecular complexity index is 1140. The minimum absolute atomic E-state index is 0.167. The number of ether oxygens (including phenoxy) is 1. The molecule has 0 aromatic heterocycles. The van der Waals surface area contributed by atoms with Crippen molar-refractivity contribution in [2.75, 3.05) is 68.0 Å². The molecule has 1 fully saturated rings. The Morgan fingerprint density at radius 1 is 0.944 bits per heavy atom. The molecule has 2 aromatic carbocycles. The summed E-state index contributed by atoms with van der Waals surface area (Å²) < 4.78 is 5.48. The number of para-hydroxylation sites is 2.